The Morgan fingerprint density at radius 3 is 2.56 bits per heavy atom. The van der Waals surface area contributed by atoms with E-state index in [1.807, 2.05) is 57.2 Å². The maximum Gasteiger partial charge on any atom is 0.270 e. The van der Waals surface area contributed by atoms with Gasteiger partial charge in [0.1, 0.15) is 23.9 Å². The summed E-state index contributed by atoms with van der Waals surface area (Å²) in [5.41, 5.74) is 4.22. The molecule has 0 aliphatic carbocycles. The zero-order valence-electron chi connectivity index (χ0n) is 18.3. The topological polar surface area (TPSA) is 69.0 Å². The molecule has 1 amide bonds. The Labute approximate surface area is 192 Å². The summed E-state index contributed by atoms with van der Waals surface area (Å²) in [4.78, 5) is 21.5. The van der Waals surface area contributed by atoms with Crippen molar-refractivity contribution < 1.29 is 9.53 Å². The van der Waals surface area contributed by atoms with Crippen molar-refractivity contribution in [2.45, 2.75) is 33.4 Å². The van der Waals surface area contributed by atoms with Gasteiger partial charge in [-0.25, -0.2) is 4.98 Å². The van der Waals surface area contributed by atoms with E-state index in [1.165, 1.54) is 0 Å². The van der Waals surface area contributed by atoms with Crippen molar-refractivity contribution in [3.8, 4) is 5.75 Å². The lowest BCUT2D eigenvalue weighted by Gasteiger charge is -2.17. The predicted molar refractivity (Wildman–Crippen MR) is 126 cm³/mol. The van der Waals surface area contributed by atoms with Gasteiger partial charge >= 0.3 is 0 Å². The molecule has 0 fully saturated rings. The SMILES string of the molecule is Cc1cc(OCCn2c(C(C)NC(=O)c3ccccn3)nc3ccccc32)cc(C)c1Cl. The number of pyridine rings is 1. The molecule has 1 atom stereocenters. The maximum atomic E-state index is 12.6. The van der Waals surface area contributed by atoms with E-state index in [0.29, 0.717) is 18.8 Å². The molecule has 32 heavy (non-hydrogen) atoms. The normalized spacial score (nSPS) is 12.0. The lowest BCUT2D eigenvalue weighted by atomic mass is 10.1. The van der Waals surface area contributed by atoms with Gasteiger partial charge in [0.05, 0.1) is 23.6 Å². The molecule has 0 aliphatic heterocycles. The summed E-state index contributed by atoms with van der Waals surface area (Å²) in [5.74, 6) is 1.31. The average molecular weight is 449 g/mol. The third kappa shape index (κ3) is 4.60. The van der Waals surface area contributed by atoms with Gasteiger partial charge in [0.15, 0.2) is 0 Å². The van der Waals surface area contributed by atoms with Crippen molar-refractivity contribution in [2.75, 3.05) is 6.61 Å². The highest BCUT2D eigenvalue weighted by Gasteiger charge is 2.19. The Hall–Kier alpha value is -3.38. The minimum Gasteiger partial charge on any atom is -0.492 e. The Bertz CT molecular complexity index is 1230. The summed E-state index contributed by atoms with van der Waals surface area (Å²) in [6, 6.07) is 16.8. The van der Waals surface area contributed by atoms with E-state index < -0.39 is 0 Å². The molecule has 1 unspecified atom stereocenters. The summed E-state index contributed by atoms with van der Waals surface area (Å²) in [6.45, 7) is 6.89. The first-order chi connectivity index (χ1) is 15.4. The largest absolute Gasteiger partial charge is 0.492 e. The smallest absolute Gasteiger partial charge is 0.270 e. The van der Waals surface area contributed by atoms with E-state index in [0.717, 1.165) is 38.8 Å². The molecule has 164 valence electrons. The molecule has 2 heterocycles. The number of rotatable bonds is 7. The minimum absolute atomic E-state index is 0.236. The molecule has 2 aromatic heterocycles. The number of imidazole rings is 1. The number of aryl methyl sites for hydroxylation is 2. The van der Waals surface area contributed by atoms with E-state index in [9.17, 15) is 4.79 Å². The summed E-state index contributed by atoms with van der Waals surface area (Å²) >= 11 is 6.26. The zero-order valence-corrected chi connectivity index (χ0v) is 19.1. The Balaban J connectivity index is 1.54. The lowest BCUT2D eigenvalue weighted by Crippen LogP contribution is -2.29. The lowest BCUT2D eigenvalue weighted by molar-refractivity contribution is 0.0932. The molecule has 2 aromatic carbocycles. The first-order valence-corrected chi connectivity index (χ1v) is 10.9. The number of ether oxygens (including phenoxy) is 1. The second-order valence-electron chi connectivity index (χ2n) is 7.74. The molecule has 1 N–H and O–H groups in total. The highest BCUT2D eigenvalue weighted by molar-refractivity contribution is 6.32. The summed E-state index contributed by atoms with van der Waals surface area (Å²) in [5, 5.41) is 3.76. The second kappa shape index (κ2) is 9.40. The molecule has 0 spiro atoms. The first kappa shape index (κ1) is 21.8. The van der Waals surface area contributed by atoms with E-state index in [2.05, 4.69) is 14.9 Å². The fraction of sp³-hybridized carbons (Fsp3) is 0.240. The molecule has 0 saturated heterocycles. The third-order valence-electron chi connectivity index (χ3n) is 5.31. The molecule has 4 aromatic rings. The summed E-state index contributed by atoms with van der Waals surface area (Å²) < 4.78 is 8.12. The maximum absolute atomic E-state index is 12.6. The van der Waals surface area contributed by atoms with Gasteiger partial charge in [-0.05, 0) is 68.3 Å². The standard InChI is InChI=1S/C25H25ClN4O2/c1-16-14-19(15-17(2)23(16)26)32-13-12-30-22-10-5-4-8-20(22)29-24(30)18(3)28-25(31)21-9-6-7-11-27-21/h4-11,14-15,18H,12-13H2,1-3H3,(H,28,31). The van der Waals surface area contributed by atoms with Crippen LogP contribution in [0.15, 0.2) is 60.8 Å². The summed E-state index contributed by atoms with van der Waals surface area (Å²) in [7, 11) is 0. The highest BCUT2D eigenvalue weighted by atomic mass is 35.5. The monoisotopic (exact) mass is 448 g/mol. The molecule has 0 aliphatic rings. The van der Waals surface area contributed by atoms with Crippen molar-refractivity contribution in [1.82, 2.24) is 19.9 Å². The molecule has 7 heteroatoms. The second-order valence-corrected chi connectivity index (χ2v) is 8.12. The van der Waals surface area contributed by atoms with Gasteiger partial charge in [-0.1, -0.05) is 29.8 Å². The van der Waals surface area contributed by atoms with E-state index in [-0.39, 0.29) is 11.9 Å². The van der Waals surface area contributed by atoms with Crippen molar-refractivity contribution >= 4 is 28.5 Å². The number of halogens is 1. The number of hydrogen-bond donors (Lipinski definition) is 1. The fourth-order valence-corrected chi connectivity index (χ4v) is 3.85. The van der Waals surface area contributed by atoms with Gasteiger partial charge < -0.3 is 14.6 Å². The molecule has 0 saturated carbocycles. The van der Waals surface area contributed by atoms with Crippen LogP contribution in [0.4, 0.5) is 0 Å². The number of amides is 1. The third-order valence-corrected chi connectivity index (χ3v) is 5.91. The van der Waals surface area contributed by atoms with Crippen molar-refractivity contribution in [2.24, 2.45) is 0 Å². The number of hydrogen-bond acceptors (Lipinski definition) is 4. The van der Waals surface area contributed by atoms with Gasteiger partial charge in [0.25, 0.3) is 5.91 Å². The Morgan fingerprint density at radius 2 is 1.84 bits per heavy atom. The minimum atomic E-state index is -0.308. The fourth-order valence-electron chi connectivity index (χ4n) is 3.74. The van der Waals surface area contributed by atoms with Crippen LogP contribution in [0.2, 0.25) is 5.02 Å². The number of para-hydroxylation sites is 2. The number of carbonyl (C=O) groups excluding carboxylic acids is 1. The van der Waals surface area contributed by atoms with Gasteiger partial charge in [0, 0.05) is 11.2 Å². The Kier molecular flexibility index (Phi) is 6.42. The number of fused-ring (bicyclic) bond motifs is 1. The molecule has 4 rings (SSSR count). The quantitative estimate of drug-likeness (QED) is 0.418. The zero-order chi connectivity index (χ0) is 22.7. The van der Waals surface area contributed by atoms with Crippen LogP contribution in [0.1, 0.15) is 40.4 Å². The highest BCUT2D eigenvalue weighted by Crippen LogP contribution is 2.26. The number of nitrogens with zero attached hydrogens (tertiary/aromatic N) is 3. The van der Waals surface area contributed by atoms with E-state index in [1.54, 1.807) is 24.4 Å². The van der Waals surface area contributed by atoms with E-state index in [4.69, 9.17) is 21.3 Å². The molecule has 0 bridgehead atoms. The number of benzene rings is 2. The van der Waals surface area contributed by atoms with Crippen LogP contribution < -0.4 is 10.1 Å². The van der Waals surface area contributed by atoms with Crippen LogP contribution in [0.3, 0.4) is 0 Å². The van der Waals surface area contributed by atoms with Crippen molar-refractivity contribution in [1.29, 1.82) is 0 Å². The van der Waals surface area contributed by atoms with Crippen LogP contribution in [-0.4, -0.2) is 27.0 Å². The van der Waals surface area contributed by atoms with Crippen LogP contribution in [0, 0.1) is 13.8 Å². The van der Waals surface area contributed by atoms with Crippen LogP contribution in [-0.2, 0) is 6.54 Å². The summed E-state index contributed by atoms with van der Waals surface area (Å²) in [6.07, 6.45) is 1.60. The molecular weight excluding hydrogens is 424 g/mol. The average Bonchev–Trinajstić information content (AvgIpc) is 3.17. The van der Waals surface area contributed by atoms with Gasteiger partial charge in [-0.2, -0.15) is 0 Å². The van der Waals surface area contributed by atoms with Gasteiger partial charge in [-0.15, -0.1) is 0 Å². The number of carbonyl (C=O) groups is 1. The van der Waals surface area contributed by atoms with Crippen molar-refractivity contribution in [3.05, 3.63) is 88.5 Å². The first-order valence-electron chi connectivity index (χ1n) is 10.5. The molecule has 6 nitrogen and oxygen atoms in total. The van der Waals surface area contributed by atoms with Gasteiger partial charge in [0.2, 0.25) is 0 Å². The molecule has 0 radical (unpaired) electrons. The molecular formula is C25H25ClN4O2. The van der Waals surface area contributed by atoms with Crippen LogP contribution >= 0.6 is 11.6 Å². The predicted octanol–water partition coefficient (Wildman–Crippen LogP) is 5.27. The number of nitrogens with one attached hydrogen (secondary N) is 1. The Morgan fingerprint density at radius 1 is 1.12 bits per heavy atom. The number of aromatic nitrogens is 3. The van der Waals surface area contributed by atoms with Crippen LogP contribution in [0.5, 0.6) is 5.75 Å². The van der Waals surface area contributed by atoms with Gasteiger partial charge in [-0.3, -0.25) is 9.78 Å². The van der Waals surface area contributed by atoms with E-state index >= 15 is 0 Å². The van der Waals surface area contributed by atoms with Crippen LogP contribution in [0.25, 0.3) is 11.0 Å². The van der Waals surface area contributed by atoms with Crippen molar-refractivity contribution in [3.63, 3.8) is 0 Å².